The molecule has 3 nitrogen and oxygen atoms in total. The zero-order chi connectivity index (χ0) is 13.1. The molecule has 17 heavy (non-hydrogen) atoms. The first-order valence-electron chi connectivity index (χ1n) is 5.21. The van der Waals surface area contributed by atoms with Crippen molar-refractivity contribution in [3.8, 4) is 5.75 Å². The van der Waals surface area contributed by atoms with E-state index in [0.717, 1.165) is 6.42 Å². The number of hydrogen-bond donors (Lipinski definition) is 0. The van der Waals surface area contributed by atoms with Gasteiger partial charge in [0.1, 0.15) is 5.75 Å². The van der Waals surface area contributed by atoms with Crippen LogP contribution in [0, 0.1) is 5.92 Å². The topological polar surface area (TPSA) is 43.4 Å². The minimum absolute atomic E-state index is 0.0277. The summed E-state index contributed by atoms with van der Waals surface area (Å²) < 4.78 is 27.6. The van der Waals surface area contributed by atoms with Crippen molar-refractivity contribution >= 4 is 31.3 Å². The summed E-state index contributed by atoms with van der Waals surface area (Å²) in [6, 6.07) is 4.18. The van der Waals surface area contributed by atoms with Crippen molar-refractivity contribution in [3.63, 3.8) is 0 Å². The van der Waals surface area contributed by atoms with Gasteiger partial charge in [0, 0.05) is 10.7 Å². The van der Waals surface area contributed by atoms with E-state index in [9.17, 15) is 8.42 Å². The van der Waals surface area contributed by atoms with Crippen LogP contribution in [0.25, 0.3) is 0 Å². The van der Waals surface area contributed by atoms with Gasteiger partial charge in [0.05, 0.1) is 16.5 Å². The fourth-order valence-corrected chi connectivity index (χ4v) is 2.18. The van der Waals surface area contributed by atoms with Crippen molar-refractivity contribution in [1.82, 2.24) is 0 Å². The van der Waals surface area contributed by atoms with Crippen LogP contribution in [0.1, 0.15) is 20.3 Å². The van der Waals surface area contributed by atoms with E-state index in [0.29, 0.717) is 18.3 Å². The Morgan fingerprint density at radius 3 is 2.53 bits per heavy atom. The second-order valence-electron chi connectivity index (χ2n) is 3.85. The summed E-state index contributed by atoms with van der Waals surface area (Å²) in [5.74, 6) is 0.888. The molecule has 0 saturated carbocycles. The van der Waals surface area contributed by atoms with Crippen LogP contribution >= 0.6 is 22.3 Å². The molecular formula is C11H14Cl2O3S. The molecule has 1 aromatic carbocycles. The van der Waals surface area contributed by atoms with E-state index >= 15 is 0 Å². The lowest BCUT2D eigenvalue weighted by Gasteiger charge is -2.12. The molecule has 96 valence electrons. The fourth-order valence-electron chi connectivity index (χ4n) is 1.10. The Labute approximate surface area is 111 Å². The van der Waals surface area contributed by atoms with Crippen LogP contribution in [0.15, 0.2) is 23.1 Å². The maximum absolute atomic E-state index is 11.1. The lowest BCUT2D eigenvalue weighted by molar-refractivity contribution is 0.256. The third kappa shape index (κ3) is 4.37. The van der Waals surface area contributed by atoms with Gasteiger partial charge in [0.2, 0.25) is 0 Å². The monoisotopic (exact) mass is 296 g/mol. The molecule has 1 rings (SSSR count). The second-order valence-corrected chi connectivity index (χ2v) is 6.83. The maximum atomic E-state index is 11.1. The molecule has 1 aromatic rings. The SMILES string of the molecule is CCC(C)COc1ccc(S(=O)(=O)Cl)cc1Cl. The van der Waals surface area contributed by atoms with Gasteiger partial charge in [-0.25, -0.2) is 8.42 Å². The van der Waals surface area contributed by atoms with Gasteiger partial charge >= 0.3 is 0 Å². The largest absolute Gasteiger partial charge is 0.492 e. The van der Waals surface area contributed by atoms with E-state index in [-0.39, 0.29) is 9.92 Å². The van der Waals surface area contributed by atoms with Crippen molar-refractivity contribution in [2.75, 3.05) is 6.61 Å². The average molecular weight is 297 g/mol. The smallest absolute Gasteiger partial charge is 0.261 e. The van der Waals surface area contributed by atoms with Crippen LogP contribution in [0.4, 0.5) is 0 Å². The molecule has 0 bridgehead atoms. The van der Waals surface area contributed by atoms with Gasteiger partial charge in [-0.2, -0.15) is 0 Å². The predicted molar refractivity (Wildman–Crippen MR) is 69.4 cm³/mol. The van der Waals surface area contributed by atoms with E-state index in [1.54, 1.807) is 0 Å². The van der Waals surface area contributed by atoms with E-state index < -0.39 is 9.05 Å². The Hall–Kier alpha value is -0.450. The Kier molecular flexibility index (Phi) is 5.10. The standard InChI is InChI=1S/C11H14Cl2O3S/c1-3-8(2)7-16-11-5-4-9(6-10(11)12)17(13,14)15/h4-6,8H,3,7H2,1-2H3. The number of hydrogen-bond acceptors (Lipinski definition) is 3. The molecule has 0 fully saturated rings. The highest BCUT2D eigenvalue weighted by atomic mass is 35.7. The lowest BCUT2D eigenvalue weighted by atomic mass is 10.1. The van der Waals surface area contributed by atoms with Crippen LogP contribution in [0.2, 0.25) is 5.02 Å². The quantitative estimate of drug-likeness (QED) is 0.778. The van der Waals surface area contributed by atoms with E-state index in [1.807, 2.05) is 0 Å². The molecule has 0 aliphatic heterocycles. The van der Waals surface area contributed by atoms with Gasteiger partial charge in [-0.15, -0.1) is 0 Å². The number of rotatable bonds is 5. The predicted octanol–water partition coefficient (Wildman–Crippen LogP) is 3.69. The number of ether oxygens (including phenoxy) is 1. The first kappa shape index (κ1) is 14.6. The molecule has 0 radical (unpaired) electrons. The van der Waals surface area contributed by atoms with Gasteiger partial charge in [0.15, 0.2) is 0 Å². The first-order valence-corrected chi connectivity index (χ1v) is 7.90. The van der Waals surface area contributed by atoms with Crippen molar-refractivity contribution in [2.45, 2.75) is 25.2 Å². The van der Waals surface area contributed by atoms with Crippen LogP contribution in [-0.2, 0) is 9.05 Å². The van der Waals surface area contributed by atoms with Crippen molar-refractivity contribution in [1.29, 1.82) is 0 Å². The molecule has 0 spiro atoms. The molecule has 0 saturated heterocycles. The fraction of sp³-hybridized carbons (Fsp3) is 0.455. The number of halogens is 2. The zero-order valence-corrected chi connectivity index (χ0v) is 11.9. The zero-order valence-electron chi connectivity index (χ0n) is 9.61. The second kappa shape index (κ2) is 5.94. The summed E-state index contributed by atoms with van der Waals surface area (Å²) in [5.41, 5.74) is 0. The summed E-state index contributed by atoms with van der Waals surface area (Å²) >= 11 is 5.91. The van der Waals surface area contributed by atoms with Crippen molar-refractivity contribution < 1.29 is 13.2 Å². The Morgan fingerprint density at radius 2 is 2.06 bits per heavy atom. The van der Waals surface area contributed by atoms with Crippen molar-refractivity contribution in [2.24, 2.45) is 5.92 Å². The average Bonchev–Trinajstić information content (AvgIpc) is 2.25. The first-order chi connectivity index (χ1) is 7.84. The summed E-state index contributed by atoms with van der Waals surface area (Å²) in [5, 5.41) is 0.245. The molecule has 0 aromatic heterocycles. The molecule has 0 amide bonds. The molecule has 1 unspecified atom stereocenters. The summed E-state index contributed by atoms with van der Waals surface area (Å²) in [6.45, 7) is 4.67. The van der Waals surface area contributed by atoms with Crippen LogP contribution < -0.4 is 4.74 Å². The third-order valence-electron chi connectivity index (χ3n) is 2.41. The van der Waals surface area contributed by atoms with Gasteiger partial charge in [0.25, 0.3) is 9.05 Å². The van der Waals surface area contributed by atoms with E-state index in [1.165, 1.54) is 18.2 Å². The van der Waals surface area contributed by atoms with Gasteiger partial charge in [-0.1, -0.05) is 31.9 Å². The van der Waals surface area contributed by atoms with E-state index in [2.05, 4.69) is 13.8 Å². The number of benzene rings is 1. The molecular weight excluding hydrogens is 283 g/mol. The van der Waals surface area contributed by atoms with E-state index in [4.69, 9.17) is 27.0 Å². The Bertz CT molecular complexity index is 485. The Morgan fingerprint density at radius 1 is 1.41 bits per heavy atom. The molecule has 0 N–H and O–H groups in total. The molecule has 0 aliphatic rings. The molecule has 0 heterocycles. The molecule has 0 aliphatic carbocycles. The summed E-state index contributed by atoms with van der Waals surface area (Å²) in [7, 11) is 1.46. The van der Waals surface area contributed by atoms with Crippen LogP contribution in [0.3, 0.4) is 0 Å². The van der Waals surface area contributed by atoms with Crippen molar-refractivity contribution in [3.05, 3.63) is 23.2 Å². The normalized spacial score (nSPS) is 13.4. The van der Waals surface area contributed by atoms with Crippen LogP contribution in [-0.4, -0.2) is 15.0 Å². The van der Waals surface area contributed by atoms with Gasteiger partial charge in [-0.3, -0.25) is 0 Å². The Balaban J connectivity index is 2.84. The highest BCUT2D eigenvalue weighted by molar-refractivity contribution is 8.13. The minimum Gasteiger partial charge on any atom is -0.492 e. The minimum atomic E-state index is -3.75. The van der Waals surface area contributed by atoms with Gasteiger partial charge in [-0.05, 0) is 24.1 Å². The molecule has 6 heteroatoms. The molecule has 1 atom stereocenters. The van der Waals surface area contributed by atoms with Gasteiger partial charge < -0.3 is 4.74 Å². The summed E-state index contributed by atoms with van der Waals surface area (Å²) in [6.07, 6.45) is 1.01. The lowest BCUT2D eigenvalue weighted by Crippen LogP contribution is -2.07. The third-order valence-corrected chi connectivity index (χ3v) is 4.05. The summed E-state index contributed by atoms with van der Waals surface area (Å²) in [4.78, 5) is -0.0277. The maximum Gasteiger partial charge on any atom is 0.261 e. The highest BCUT2D eigenvalue weighted by Gasteiger charge is 2.13. The van der Waals surface area contributed by atoms with Crippen LogP contribution in [0.5, 0.6) is 5.75 Å². The highest BCUT2D eigenvalue weighted by Crippen LogP contribution is 2.29.